The van der Waals surface area contributed by atoms with E-state index in [-0.39, 0.29) is 11.7 Å². The Morgan fingerprint density at radius 2 is 2.38 bits per heavy atom. The molecule has 4 nitrogen and oxygen atoms in total. The molecule has 68 valence electrons. The van der Waals surface area contributed by atoms with E-state index < -0.39 is 0 Å². The summed E-state index contributed by atoms with van der Waals surface area (Å²) in [5, 5.41) is 12.1. The van der Waals surface area contributed by atoms with E-state index in [1.54, 1.807) is 0 Å². The molecule has 0 bridgehead atoms. The predicted octanol–water partition coefficient (Wildman–Crippen LogP) is 0.679. The summed E-state index contributed by atoms with van der Waals surface area (Å²) in [5.74, 6) is -0.289. The van der Waals surface area contributed by atoms with Crippen LogP contribution in [0.4, 0.5) is 0 Å². The van der Waals surface area contributed by atoms with Gasteiger partial charge in [0.25, 0.3) is 5.91 Å². The first-order chi connectivity index (χ1) is 6.27. The van der Waals surface area contributed by atoms with Gasteiger partial charge >= 0.3 is 0 Å². The van der Waals surface area contributed by atoms with Gasteiger partial charge in [0.1, 0.15) is 5.75 Å². The van der Waals surface area contributed by atoms with Crippen molar-refractivity contribution in [3.8, 4) is 5.75 Å². The van der Waals surface area contributed by atoms with E-state index in [4.69, 9.17) is 0 Å². The zero-order chi connectivity index (χ0) is 9.26. The monoisotopic (exact) mass is 178 g/mol. The zero-order valence-electron chi connectivity index (χ0n) is 7.03. The molecule has 1 heterocycles. The lowest BCUT2D eigenvalue weighted by atomic mass is 10.2. The second-order valence-electron chi connectivity index (χ2n) is 3.14. The molecule has 4 heteroatoms. The second kappa shape index (κ2) is 3.05. The van der Waals surface area contributed by atoms with Gasteiger partial charge in [0, 0.05) is 12.2 Å². The first-order valence-electron chi connectivity index (χ1n) is 4.21. The number of aromatic hydroxyl groups is 1. The van der Waals surface area contributed by atoms with Crippen molar-refractivity contribution in [3.63, 3.8) is 0 Å². The molecule has 1 aliphatic carbocycles. The molecular weight excluding hydrogens is 168 g/mol. The third kappa shape index (κ3) is 1.77. The van der Waals surface area contributed by atoms with Crippen LogP contribution in [0.2, 0.25) is 0 Å². The summed E-state index contributed by atoms with van der Waals surface area (Å²) in [6, 6.07) is 1.81. The van der Waals surface area contributed by atoms with Gasteiger partial charge < -0.3 is 10.4 Å². The van der Waals surface area contributed by atoms with Crippen LogP contribution in [0.5, 0.6) is 5.75 Å². The molecule has 1 aliphatic rings. The van der Waals surface area contributed by atoms with Crippen LogP contribution < -0.4 is 5.32 Å². The van der Waals surface area contributed by atoms with Crippen LogP contribution in [-0.4, -0.2) is 22.0 Å². The normalized spacial score (nSPS) is 15.4. The van der Waals surface area contributed by atoms with Crippen LogP contribution in [0.1, 0.15) is 23.2 Å². The Kier molecular flexibility index (Phi) is 1.88. The lowest BCUT2D eigenvalue weighted by molar-refractivity contribution is 0.0948. The average Bonchev–Trinajstić information content (AvgIpc) is 2.89. The van der Waals surface area contributed by atoms with E-state index in [0.717, 1.165) is 12.8 Å². The fourth-order valence-electron chi connectivity index (χ4n) is 1.07. The number of aromatic nitrogens is 1. The molecule has 0 unspecified atom stereocenters. The summed E-state index contributed by atoms with van der Waals surface area (Å²) in [4.78, 5) is 15.1. The van der Waals surface area contributed by atoms with Crippen LogP contribution in [0.25, 0.3) is 0 Å². The van der Waals surface area contributed by atoms with E-state index in [9.17, 15) is 9.90 Å². The number of carbonyl (C=O) groups is 1. The fraction of sp³-hybridized carbons (Fsp3) is 0.333. The van der Waals surface area contributed by atoms with E-state index in [1.165, 1.54) is 18.5 Å². The number of pyridine rings is 1. The molecule has 0 aromatic carbocycles. The molecular formula is C9H10N2O2. The Balaban J connectivity index is 2.13. The number of hydrogen-bond donors (Lipinski definition) is 2. The third-order valence-electron chi connectivity index (χ3n) is 1.96. The van der Waals surface area contributed by atoms with Gasteiger partial charge in [-0.15, -0.1) is 0 Å². The van der Waals surface area contributed by atoms with Crippen molar-refractivity contribution in [1.29, 1.82) is 0 Å². The van der Waals surface area contributed by atoms with Crippen LogP contribution in [0, 0.1) is 0 Å². The summed E-state index contributed by atoms with van der Waals surface area (Å²) >= 11 is 0. The number of nitrogens with zero attached hydrogens (tertiary/aromatic N) is 1. The minimum absolute atomic E-state index is 0.0688. The van der Waals surface area contributed by atoms with Gasteiger partial charge in [0.05, 0.1) is 11.8 Å². The van der Waals surface area contributed by atoms with Crippen LogP contribution in [-0.2, 0) is 0 Å². The van der Waals surface area contributed by atoms with Crippen LogP contribution >= 0.6 is 0 Å². The molecule has 1 aromatic heterocycles. The lowest BCUT2D eigenvalue weighted by Crippen LogP contribution is -2.25. The topological polar surface area (TPSA) is 62.2 Å². The molecule has 1 aromatic rings. The molecule has 1 saturated carbocycles. The summed E-state index contributed by atoms with van der Waals surface area (Å²) < 4.78 is 0. The predicted molar refractivity (Wildman–Crippen MR) is 46.4 cm³/mol. The summed E-state index contributed by atoms with van der Waals surface area (Å²) in [6.07, 6.45) is 4.83. The molecule has 13 heavy (non-hydrogen) atoms. The minimum atomic E-state index is -0.220. The fourth-order valence-corrected chi connectivity index (χ4v) is 1.07. The Morgan fingerprint density at radius 3 is 3.00 bits per heavy atom. The SMILES string of the molecule is O=C(NC1CC1)c1ccncc1O. The van der Waals surface area contributed by atoms with E-state index >= 15 is 0 Å². The van der Waals surface area contributed by atoms with Gasteiger partial charge in [-0.3, -0.25) is 9.78 Å². The summed E-state index contributed by atoms with van der Waals surface area (Å²) in [5.41, 5.74) is 0.293. The quantitative estimate of drug-likeness (QED) is 0.700. The van der Waals surface area contributed by atoms with Crippen LogP contribution in [0.3, 0.4) is 0 Å². The van der Waals surface area contributed by atoms with Crippen molar-refractivity contribution in [2.24, 2.45) is 0 Å². The maximum atomic E-state index is 11.4. The van der Waals surface area contributed by atoms with Crippen molar-refractivity contribution >= 4 is 5.91 Å². The molecule has 1 fully saturated rings. The van der Waals surface area contributed by atoms with Crippen molar-refractivity contribution in [2.75, 3.05) is 0 Å². The van der Waals surface area contributed by atoms with Crippen molar-refractivity contribution in [3.05, 3.63) is 24.0 Å². The van der Waals surface area contributed by atoms with Crippen LogP contribution in [0.15, 0.2) is 18.5 Å². The largest absolute Gasteiger partial charge is 0.505 e. The summed E-state index contributed by atoms with van der Waals surface area (Å²) in [6.45, 7) is 0. The molecule has 0 spiro atoms. The highest BCUT2D eigenvalue weighted by atomic mass is 16.3. The van der Waals surface area contributed by atoms with Gasteiger partial charge in [-0.1, -0.05) is 0 Å². The Morgan fingerprint density at radius 1 is 1.62 bits per heavy atom. The molecule has 2 N–H and O–H groups in total. The summed E-state index contributed by atoms with van der Waals surface area (Å²) in [7, 11) is 0. The van der Waals surface area contributed by atoms with Gasteiger partial charge in [-0.05, 0) is 18.9 Å². The Hall–Kier alpha value is -1.58. The number of rotatable bonds is 2. The molecule has 0 atom stereocenters. The van der Waals surface area contributed by atoms with E-state index in [2.05, 4.69) is 10.3 Å². The average molecular weight is 178 g/mol. The maximum Gasteiger partial charge on any atom is 0.255 e. The standard InChI is InChI=1S/C9H10N2O2/c12-8-5-10-4-3-7(8)9(13)11-6-1-2-6/h3-6,12H,1-2H2,(H,11,13). The van der Waals surface area contributed by atoms with Crippen molar-refractivity contribution < 1.29 is 9.90 Å². The van der Waals surface area contributed by atoms with Crippen molar-refractivity contribution in [1.82, 2.24) is 10.3 Å². The Labute approximate surface area is 75.6 Å². The second-order valence-corrected chi connectivity index (χ2v) is 3.14. The minimum Gasteiger partial charge on any atom is -0.505 e. The van der Waals surface area contributed by atoms with Gasteiger partial charge in [-0.25, -0.2) is 0 Å². The number of nitrogens with one attached hydrogen (secondary N) is 1. The highest BCUT2D eigenvalue weighted by molar-refractivity contribution is 5.96. The van der Waals surface area contributed by atoms with Gasteiger partial charge in [0.15, 0.2) is 0 Å². The first kappa shape index (κ1) is 8.04. The third-order valence-corrected chi connectivity index (χ3v) is 1.96. The van der Waals surface area contributed by atoms with E-state index in [1.807, 2.05) is 0 Å². The van der Waals surface area contributed by atoms with Gasteiger partial charge in [-0.2, -0.15) is 0 Å². The Bertz CT molecular complexity index is 334. The molecule has 0 aliphatic heterocycles. The van der Waals surface area contributed by atoms with E-state index in [0.29, 0.717) is 11.6 Å². The van der Waals surface area contributed by atoms with Gasteiger partial charge in [0.2, 0.25) is 0 Å². The van der Waals surface area contributed by atoms with Crippen molar-refractivity contribution in [2.45, 2.75) is 18.9 Å². The lowest BCUT2D eigenvalue weighted by Gasteiger charge is -2.03. The zero-order valence-corrected chi connectivity index (χ0v) is 7.03. The first-order valence-corrected chi connectivity index (χ1v) is 4.21. The highest BCUT2D eigenvalue weighted by Crippen LogP contribution is 2.21. The number of carbonyl (C=O) groups excluding carboxylic acids is 1. The molecule has 1 amide bonds. The number of amides is 1. The number of hydrogen-bond acceptors (Lipinski definition) is 3. The molecule has 2 rings (SSSR count). The molecule has 0 saturated heterocycles. The highest BCUT2D eigenvalue weighted by Gasteiger charge is 2.24. The smallest absolute Gasteiger partial charge is 0.255 e. The maximum absolute atomic E-state index is 11.4. The molecule has 0 radical (unpaired) electrons.